The Morgan fingerprint density at radius 3 is 2.39 bits per heavy atom. The van der Waals surface area contributed by atoms with E-state index in [0.29, 0.717) is 22.1 Å². The first kappa shape index (κ1) is 26.2. The van der Waals surface area contributed by atoms with Crippen LogP contribution in [0.5, 0.6) is 0 Å². The van der Waals surface area contributed by atoms with E-state index in [9.17, 15) is 0 Å². The maximum Gasteiger partial charge on any atom is 0.161 e. The van der Waals surface area contributed by atoms with Crippen LogP contribution in [0.3, 0.4) is 0 Å². The van der Waals surface area contributed by atoms with Crippen molar-refractivity contribution in [2.24, 2.45) is 51.8 Å². The van der Waals surface area contributed by atoms with Crippen LogP contribution in [0.1, 0.15) is 124 Å². The molecule has 3 heteroatoms. The van der Waals surface area contributed by atoms with E-state index in [0.717, 1.165) is 54.0 Å². The molecule has 0 radical (unpaired) electrons. The van der Waals surface area contributed by atoms with Crippen molar-refractivity contribution in [1.82, 2.24) is 9.78 Å². The zero-order chi connectivity index (χ0) is 25.7. The van der Waals surface area contributed by atoms with E-state index in [1.165, 1.54) is 70.6 Å². The number of hydrogen-bond donors (Lipinski definition) is 1. The monoisotopic (exact) mass is 491 g/mol. The molecule has 0 amide bonds. The highest BCUT2D eigenvalue weighted by molar-refractivity contribution is 5.49. The van der Waals surface area contributed by atoms with Crippen molar-refractivity contribution in [2.45, 2.75) is 125 Å². The number of nitrogens with zero attached hydrogens (tertiary/aromatic N) is 2. The van der Waals surface area contributed by atoms with Gasteiger partial charge in [0.05, 0.1) is 5.56 Å². The van der Waals surface area contributed by atoms with Crippen LogP contribution in [0.15, 0.2) is 6.20 Å². The van der Waals surface area contributed by atoms with Crippen molar-refractivity contribution in [3.05, 3.63) is 11.8 Å². The molecule has 5 fully saturated rings. The summed E-state index contributed by atoms with van der Waals surface area (Å²) in [5, 5.41) is 4.70. The third-order valence-electron chi connectivity index (χ3n) is 12.0. The van der Waals surface area contributed by atoms with Crippen LogP contribution in [0, 0.1) is 63.6 Å². The minimum absolute atomic E-state index is 0.452. The Balaban J connectivity index is 0.00000130. The van der Waals surface area contributed by atoms with Gasteiger partial charge >= 0.3 is 0 Å². The van der Waals surface area contributed by atoms with Gasteiger partial charge < -0.3 is 5.73 Å². The topological polar surface area (TPSA) is 43.8 Å². The first-order valence-electron chi connectivity index (χ1n) is 15.6. The minimum atomic E-state index is 0.452. The minimum Gasteiger partial charge on any atom is -0.381 e. The highest BCUT2D eigenvalue weighted by Gasteiger charge is 2.64. The van der Waals surface area contributed by atoms with Gasteiger partial charge in [-0.1, -0.05) is 59.8 Å². The van der Waals surface area contributed by atoms with Crippen molar-refractivity contribution >= 4 is 5.82 Å². The number of aromatic nitrogens is 2. The molecule has 0 saturated heterocycles. The molecule has 200 valence electrons. The van der Waals surface area contributed by atoms with Crippen LogP contribution >= 0.6 is 0 Å². The second kappa shape index (κ2) is 9.71. The molecule has 8 unspecified atom stereocenters. The molecule has 5 saturated carbocycles. The fourth-order valence-electron chi connectivity index (χ4n) is 10.5. The average molecular weight is 492 g/mol. The molecule has 0 bridgehead atoms. The van der Waals surface area contributed by atoms with E-state index >= 15 is 0 Å². The first-order chi connectivity index (χ1) is 17.3. The number of rotatable bonds is 3. The maximum atomic E-state index is 6.22. The molecule has 5 aliphatic rings. The molecule has 1 aromatic rings. The molecule has 2 N–H and O–H groups in total. The summed E-state index contributed by atoms with van der Waals surface area (Å²) in [7, 11) is 0. The first-order valence-corrected chi connectivity index (χ1v) is 15.6. The summed E-state index contributed by atoms with van der Waals surface area (Å²) in [6.07, 6.45) is 19.1. The molecular formula is C33H53N3. The lowest BCUT2D eigenvalue weighted by Crippen LogP contribution is -2.52. The number of nitrogens with two attached hydrogens (primary N) is 1. The lowest BCUT2D eigenvalue weighted by molar-refractivity contribution is -0.109. The molecule has 0 aliphatic heterocycles. The fraction of sp³-hybridized carbons (Fsp3) is 0.848. The van der Waals surface area contributed by atoms with E-state index in [1.54, 1.807) is 0 Å². The predicted molar refractivity (Wildman–Crippen MR) is 151 cm³/mol. The Morgan fingerprint density at radius 1 is 0.972 bits per heavy atom. The summed E-state index contributed by atoms with van der Waals surface area (Å²) in [5.41, 5.74) is 8.77. The largest absolute Gasteiger partial charge is 0.381 e. The van der Waals surface area contributed by atoms with Crippen LogP contribution in [-0.2, 0) is 6.54 Å². The lowest BCUT2D eigenvalue weighted by atomic mass is 9.45. The summed E-state index contributed by atoms with van der Waals surface area (Å²) >= 11 is 0. The van der Waals surface area contributed by atoms with Gasteiger partial charge in [0.25, 0.3) is 0 Å². The van der Waals surface area contributed by atoms with Gasteiger partial charge in [-0.3, -0.25) is 4.68 Å². The second-order valence-electron chi connectivity index (χ2n) is 13.9. The standard InChI is InChI=1S/C31H47N3.C2H6/c1-5-6-7-22-19-34(33-28(22)32)20-31(16-17-31)27-11-10-26-24-12-14-29(3)18-21(2)8-9-25(29)23(24)13-15-30(26,27)4;1-2/h19,21,23-27H,5,8-18,20H2,1-4H3,(H2,32,33);1-2H3. The fourth-order valence-corrected chi connectivity index (χ4v) is 10.5. The average Bonchev–Trinajstić information content (AvgIpc) is 3.40. The quantitative estimate of drug-likeness (QED) is 0.432. The Morgan fingerprint density at radius 2 is 1.67 bits per heavy atom. The van der Waals surface area contributed by atoms with E-state index in [-0.39, 0.29) is 0 Å². The summed E-state index contributed by atoms with van der Waals surface area (Å²) in [6, 6.07) is 0. The van der Waals surface area contributed by atoms with Gasteiger partial charge in [-0.05, 0) is 116 Å². The smallest absolute Gasteiger partial charge is 0.161 e. The molecule has 0 spiro atoms. The summed E-state index contributed by atoms with van der Waals surface area (Å²) in [6.45, 7) is 15.0. The normalized spacial score (nSPS) is 42.1. The Labute approximate surface area is 221 Å². The van der Waals surface area contributed by atoms with Crippen molar-refractivity contribution in [1.29, 1.82) is 0 Å². The van der Waals surface area contributed by atoms with Crippen LogP contribution in [-0.4, -0.2) is 9.78 Å². The van der Waals surface area contributed by atoms with Crippen molar-refractivity contribution in [2.75, 3.05) is 5.73 Å². The summed E-state index contributed by atoms with van der Waals surface area (Å²) in [4.78, 5) is 0. The van der Waals surface area contributed by atoms with Gasteiger partial charge in [0.2, 0.25) is 0 Å². The van der Waals surface area contributed by atoms with Gasteiger partial charge in [-0.25, -0.2) is 0 Å². The van der Waals surface area contributed by atoms with E-state index in [1.807, 2.05) is 13.8 Å². The van der Waals surface area contributed by atoms with Crippen molar-refractivity contribution in [3.63, 3.8) is 0 Å². The summed E-state index contributed by atoms with van der Waals surface area (Å²) in [5.74, 6) is 12.8. The molecule has 3 nitrogen and oxygen atoms in total. The highest BCUT2D eigenvalue weighted by Crippen LogP contribution is 2.72. The zero-order valence-corrected chi connectivity index (χ0v) is 24.2. The molecule has 6 rings (SSSR count). The van der Waals surface area contributed by atoms with Crippen molar-refractivity contribution in [3.8, 4) is 11.8 Å². The number of nitrogen functional groups attached to an aromatic ring is 1. The number of fused-ring (bicyclic) bond motifs is 5. The molecule has 36 heavy (non-hydrogen) atoms. The second-order valence-corrected chi connectivity index (χ2v) is 13.9. The lowest BCUT2D eigenvalue weighted by Gasteiger charge is -2.60. The van der Waals surface area contributed by atoms with Gasteiger partial charge in [0, 0.05) is 19.2 Å². The number of hydrogen-bond acceptors (Lipinski definition) is 2. The Hall–Kier alpha value is -1.43. The molecule has 1 heterocycles. The molecular weight excluding hydrogens is 438 g/mol. The highest BCUT2D eigenvalue weighted by atomic mass is 15.3. The third-order valence-corrected chi connectivity index (χ3v) is 12.0. The van der Waals surface area contributed by atoms with Crippen LogP contribution < -0.4 is 5.73 Å². The molecule has 5 aliphatic carbocycles. The van der Waals surface area contributed by atoms with E-state index < -0.39 is 0 Å². The van der Waals surface area contributed by atoms with Gasteiger partial charge in [0.1, 0.15) is 0 Å². The summed E-state index contributed by atoms with van der Waals surface area (Å²) < 4.78 is 2.15. The van der Waals surface area contributed by atoms with Crippen LogP contribution in [0.4, 0.5) is 5.82 Å². The maximum absolute atomic E-state index is 6.22. The molecule has 1 aromatic heterocycles. The van der Waals surface area contributed by atoms with Crippen LogP contribution in [0.25, 0.3) is 0 Å². The number of anilines is 1. The van der Waals surface area contributed by atoms with E-state index in [4.69, 9.17) is 10.8 Å². The third kappa shape index (κ3) is 4.23. The Kier molecular flexibility index (Phi) is 7.06. The molecule has 0 aromatic carbocycles. The van der Waals surface area contributed by atoms with Gasteiger partial charge in [0.15, 0.2) is 5.82 Å². The Bertz CT molecular complexity index is 992. The van der Waals surface area contributed by atoms with Gasteiger partial charge in [-0.2, -0.15) is 5.10 Å². The van der Waals surface area contributed by atoms with Crippen molar-refractivity contribution < 1.29 is 0 Å². The SMILES string of the molecule is CC.CCC#Cc1cn(CC2(C3CCC4C5CCC6(C)CC(C)CCC6C5CCC43C)CC2)nc1N. The van der Waals surface area contributed by atoms with Gasteiger partial charge in [-0.15, -0.1) is 0 Å². The van der Waals surface area contributed by atoms with E-state index in [2.05, 4.69) is 50.4 Å². The van der Waals surface area contributed by atoms with Crippen LogP contribution in [0.2, 0.25) is 0 Å². The zero-order valence-electron chi connectivity index (χ0n) is 24.2. The molecule has 8 atom stereocenters. The predicted octanol–water partition coefficient (Wildman–Crippen LogP) is 8.33.